The zero-order valence-corrected chi connectivity index (χ0v) is 18.2. The standard InChI is InChI=1S/C23H38N2O5/c1-2-19-20(30-19)14-12-10-8-6-4-3-5-7-9-11-13-15-22(27)25-18(23(28)29)16-17-21(24)26/h4,6,10,12,18-20H,2-3,5,7-9,11,13-17H2,1H3,(H2,24,26)(H,25,27)(H,28,29)/t18-,19?,20?/m0/s1. The van der Waals surface area contributed by atoms with E-state index in [1.807, 2.05) is 0 Å². The Balaban J connectivity index is 1.94. The van der Waals surface area contributed by atoms with E-state index < -0.39 is 17.9 Å². The van der Waals surface area contributed by atoms with Crippen molar-refractivity contribution in [3.63, 3.8) is 0 Å². The van der Waals surface area contributed by atoms with Gasteiger partial charge in [0.15, 0.2) is 0 Å². The molecular formula is C23H38N2O5. The minimum Gasteiger partial charge on any atom is -0.480 e. The maximum absolute atomic E-state index is 11.8. The fourth-order valence-corrected chi connectivity index (χ4v) is 3.25. The summed E-state index contributed by atoms with van der Waals surface area (Å²) < 4.78 is 5.49. The van der Waals surface area contributed by atoms with E-state index in [1.165, 1.54) is 0 Å². The molecule has 0 radical (unpaired) electrons. The lowest BCUT2D eigenvalue weighted by atomic mass is 10.1. The largest absolute Gasteiger partial charge is 0.480 e. The van der Waals surface area contributed by atoms with Crippen molar-refractivity contribution >= 4 is 17.8 Å². The molecule has 1 fully saturated rings. The number of hydrogen-bond donors (Lipinski definition) is 3. The first-order chi connectivity index (χ1) is 14.4. The summed E-state index contributed by atoms with van der Waals surface area (Å²) in [6.07, 6.45) is 19.2. The molecule has 3 atom stereocenters. The topological polar surface area (TPSA) is 122 Å². The van der Waals surface area contributed by atoms with Crippen LogP contribution in [0.25, 0.3) is 0 Å². The Morgan fingerprint density at radius 3 is 2.37 bits per heavy atom. The average Bonchev–Trinajstić information content (AvgIpc) is 3.46. The second-order valence-electron chi connectivity index (χ2n) is 7.81. The van der Waals surface area contributed by atoms with E-state index in [0.29, 0.717) is 18.6 Å². The van der Waals surface area contributed by atoms with Gasteiger partial charge in [-0.1, -0.05) is 50.5 Å². The normalized spacial score (nSPS) is 19.2. The molecular weight excluding hydrogens is 384 g/mol. The Labute approximate surface area is 180 Å². The minimum absolute atomic E-state index is 0.0218. The zero-order valence-electron chi connectivity index (χ0n) is 18.2. The highest BCUT2D eigenvalue weighted by Gasteiger charge is 2.35. The van der Waals surface area contributed by atoms with Crippen LogP contribution in [0.2, 0.25) is 0 Å². The van der Waals surface area contributed by atoms with Gasteiger partial charge >= 0.3 is 5.97 Å². The summed E-state index contributed by atoms with van der Waals surface area (Å²) in [6, 6.07) is -1.05. The lowest BCUT2D eigenvalue weighted by Gasteiger charge is -2.13. The van der Waals surface area contributed by atoms with Crippen LogP contribution in [0.4, 0.5) is 0 Å². The van der Waals surface area contributed by atoms with Crippen molar-refractivity contribution in [3.8, 4) is 0 Å². The molecule has 1 aliphatic heterocycles. The molecule has 0 saturated carbocycles. The number of allylic oxidation sites excluding steroid dienone is 3. The van der Waals surface area contributed by atoms with Crippen LogP contribution in [0.3, 0.4) is 0 Å². The van der Waals surface area contributed by atoms with Crippen LogP contribution in [0.1, 0.15) is 84.0 Å². The summed E-state index contributed by atoms with van der Waals surface area (Å²) >= 11 is 0. The fourth-order valence-electron chi connectivity index (χ4n) is 3.25. The third-order valence-electron chi connectivity index (χ3n) is 5.15. The van der Waals surface area contributed by atoms with Gasteiger partial charge in [0.1, 0.15) is 6.04 Å². The van der Waals surface area contributed by atoms with Gasteiger partial charge in [-0.05, 0) is 44.9 Å². The minimum atomic E-state index is -1.14. The number of carbonyl (C=O) groups is 3. The molecule has 2 unspecified atom stereocenters. The first-order valence-electron chi connectivity index (χ1n) is 11.2. The van der Waals surface area contributed by atoms with Crippen molar-refractivity contribution in [2.75, 3.05) is 0 Å². The number of amides is 2. The molecule has 7 nitrogen and oxygen atoms in total. The molecule has 1 aliphatic rings. The van der Waals surface area contributed by atoms with Gasteiger partial charge in [0.25, 0.3) is 0 Å². The number of nitrogens with one attached hydrogen (secondary N) is 1. The number of hydrogen-bond acceptors (Lipinski definition) is 4. The second kappa shape index (κ2) is 15.7. The Hall–Kier alpha value is -2.15. The van der Waals surface area contributed by atoms with Crippen molar-refractivity contribution < 1.29 is 24.2 Å². The van der Waals surface area contributed by atoms with Gasteiger partial charge in [0, 0.05) is 12.8 Å². The monoisotopic (exact) mass is 422 g/mol. The van der Waals surface area contributed by atoms with Crippen LogP contribution >= 0.6 is 0 Å². The van der Waals surface area contributed by atoms with E-state index >= 15 is 0 Å². The predicted octanol–water partition coefficient (Wildman–Crippen LogP) is 3.62. The Bertz CT molecular complexity index is 588. The fraction of sp³-hybridized carbons (Fsp3) is 0.696. The number of carboxylic acid groups (broad SMARTS) is 1. The molecule has 0 bridgehead atoms. The molecule has 1 rings (SSSR count). The van der Waals surface area contributed by atoms with Crippen molar-refractivity contribution in [1.29, 1.82) is 0 Å². The molecule has 1 heterocycles. The summed E-state index contributed by atoms with van der Waals surface area (Å²) in [5.41, 5.74) is 5.02. The van der Waals surface area contributed by atoms with Crippen molar-refractivity contribution in [3.05, 3.63) is 24.3 Å². The maximum Gasteiger partial charge on any atom is 0.326 e. The summed E-state index contributed by atoms with van der Waals surface area (Å²) in [7, 11) is 0. The molecule has 2 amide bonds. The second-order valence-corrected chi connectivity index (χ2v) is 7.81. The van der Waals surface area contributed by atoms with E-state index in [1.54, 1.807) is 0 Å². The molecule has 4 N–H and O–H groups in total. The Kier molecular flexibility index (Phi) is 13.5. The van der Waals surface area contributed by atoms with E-state index in [-0.39, 0.29) is 18.7 Å². The molecule has 7 heteroatoms. The lowest BCUT2D eigenvalue weighted by Crippen LogP contribution is -2.41. The first-order valence-corrected chi connectivity index (χ1v) is 11.2. The van der Waals surface area contributed by atoms with Crippen LogP contribution in [0.5, 0.6) is 0 Å². The maximum atomic E-state index is 11.8. The SMILES string of the molecule is CCC1OC1CC=CCC=CCCCCCCCC(=O)N[C@@H](CCC(N)=O)C(=O)O. The van der Waals surface area contributed by atoms with Gasteiger partial charge in [-0.3, -0.25) is 9.59 Å². The van der Waals surface area contributed by atoms with Crippen LogP contribution < -0.4 is 11.1 Å². The number of ether oxygens (including phenoxy) is 1. The van der Waals surface area contributed by atoms with E-state index in [0.717, 1.165) is 57.8 Å². The zero-order chi connectivity index (χ0) is 22.2. The van der Waals surface area contributed by atoms with Gasteiger partial charge < -0.3 is 20.9 Å². The van der Waals surface area contributed by atoms with Crippen molar-refractivity contribution in [1.82, 2.24) is 5.32 Å². The number of unbranched alkanes of at least 4 members (excludes halogenated alkanes) is 5. The Morgan fingerprint density at radius 1 is 1.00 bits per heavy atom. The average molecular weight is 423 g/mol. The van der Waals surface area contributed by atoms with E-state index in [9.17, 15) is 14.4 Å². The Morgan fingerprint density at radius 2 is 1.70 bits per heavy atom. The van der Waals surface area contributed by atoms with Crippen LogP contribution in [0.15, 0.2) is 24.3 Å². The molecule has 0 aliphatic carbocycles. The number of primary amides is 1. The van der Waals surface area contributed by atoms with Gasteiger partial charge in [-0.2, -0.15) is 0 Å². The molecule has 0 aromatic carbocycles. The number of epoxide rings is 1. The van der Waals surface area contributed by atoms with Crippen molar-refractivity contribution in [2.24, 2.45) is 5.73 Å². The highest BCUT2D eigenvalue weighted by molar-refractivity contribution is 5.84. The third-order valence-corrected chi connectivity index (χ3v) is 5.15. The molecule has 0 spiro atoms. The highest BCUT2D eigenvalue weighted by Crippen LogP contribution is 2.28. The highest BCUT2D eigenvalue weighted by atomic mass is 16.6. The van der Waals surface area contributed by atoms with Crippen LogP contribution in [-0.4, -0.2) is 41.1 Å². The quantitative estimate of drug-likeness (QED) is 0.177. The van der Waals surface area contributed by atoms with Crippen LogP contribution in [-0.2, 0) is 19.1 Å². The summed E-state index contributed by atoms with van der Waals surface area (Å²) in [5.74, 6) is -2.01. The summed E-state index contributed by atoms with van der Waals surface area (Å²) in [5, 5.41) is 11.5. The third kappa shape index (κ3) is 13.1. The number of rotatable bonds is 18. The number of carboxylic acids is 1. The van der Waals surface area contributed by atoms with Crippen molar-refractivity contribution in [2.45, 2.75) is 102 Å². The molecule has 170 valence electrons. The van der Waals surface area contributed by atoms with Gasteiger partial charge in [-0.15, -0.1) is 0 Å². The van der Waals surface area contributed by atoms with Gasteiger partial charge in [-0.25, -0.2) is 4.79 Å². The predicted molar refractivity (Wildman–Crippen MR) is 117 cm³/mol. The molecule has 0 aromatic heterocycles. The van der Waals surface area contributed by atoms with Gasteiger partial charge in [0.05, 0.1) is 12.2 Å². The number of aliphatic carboxylic acids is 1. The molecule has 0 aromatic rings. The summed E-state index contributed by atoms with van der Waals surface area (Å²) in [4.78, 5) is 33.7. The van der Waals surface area contributed by atoms with E-state index in [4.69, 9.17) is 15.6 Å². The summed E-state index contributed by atoms with van der Waals surface area (Å²) in [6.45, 7) is 2.15. The van der Waals surface area contributed by atoms with E-state index in [2.05, 4.69) is 36.5 Å². The first kappa shape index (κ1) is 25.9. The smallest absolute Gasteiger partial charge is 0.326 e. The van der Waals surface area contributed by atoms with Crippen LogP contribution in [0, 0.1) is 0 Å². The van der Waals surface area contributed by atoms with Gasteiger partial charge in [0.2, 0.25) is 11.8 Å². The molecule has 30 heavy (non-hydrogen) atoms. The molecule has 1 saturated heterocycles. The number of nitrogens with two attached hydrogens (primary N) is 1. The lowest BCUT2D eigenvalue weighted by molar-refractivity contribution is -0.142. The number of carbonyl (C=O) groups excluding carboxylic acids is 2.